The maximum Gasteiger partial charge on any atom is 0.242 e. The van der Waals surface area contributed by atoms with Gasteiger partial charge in [-0.05, 0) is 49.9 Å². The minimum atomic E-state index is -3.81. The van der Waals surface area contributed by atoms with Crippen LogP contribution in [-0.4, -0.2) is 50.5 Å². The SMILES string of the molecule is CCCCNC(=O)C(C)N(Cc1ccccc1C)C(=O)CCCN(c1ccc(F)c(F)c1)S(C)(=O)=O. The molecule has 0 heterocycles. The van der Waals surface area contributed by atoms with Crippen LogP contribution in [0, 0.1) is 18.6 Å². The molecule has 1 atom stereocenters. The Morgan fingerprint density at radius 1 is 1.06 bits per heavy atom. The van der Waals surface area contributed by atoms with E-state index in [1.807, 2.05) is 38.1 Å². The first kappa shape index (κ1) is 29.2. The van der Waals surface area contributed by atoms with Gasteiger partial charge < -0.3 is 10.2 Å². The Labute approximate surface area is 212 Å². The molecule has 7 nitrogen and oxygen atoms in total. The summed E-state index contributed by atoms with van der Waals surface area (Å²) in [5.74, 6) is -2.81. The van der Waals surface area contributed by atoms with Gasteiger partial charge >= 0.3 is 0 Å². The third-order valence-electron chi connectivity index (χ3n) is 5.94. The van der Waals surface area contributed by atoms with Gasteiger partial charge in [-0.1, -0.05) is 37.6 Å². The highest BCUT2D eigenvalue weighted by molar-refractivity contribution is 7.92. The zero-order valence-electron chi connectivity index (χ0n) is 21.3. The number of sulfonamides is 1. The van der Waals surface area contributed by atoms with Crippen LogP contribution >= 0.6 is 0 Å². The molecule has 0 saturated heterocycles. The molecule has 2 aromatic rings. The van der Waals surface area contributed by atoms with Gasteiger partial charge in [0.25, 0.3) is 0 Å². The monoisotopic (exact) mass is 523 g/mol. The topological polar surface area (TPSA) is 86.8 Å². The molecule has 2 aromatic carbocycles. The van der Waals surface area contributed by atoms with Crippen LogP contribution in [0.1, 0.15) is 50.7 Å². The second-order valence-electron chi connectivity index (χ2n) is 8.81. The number of hydrogen-bond acceptors (Lipinski definition) is 4. The van der Waals surface area contributed by atoms with Crippen molar-refractivity contribution in [1.29, 1.82) is 0 Å². The molecular formula is C26H35F2N3O4S. The van der Waals surface area contributed by atoms with E-state index in [4.69, 9.17) is 0 Å². The average Bonchev–Trinajstić information content (AvgIpc) is 2.82. The predicted octanol–water partition coefficient (Wildman–Crippen LogP) is 4.15. The molecule has 0 aromatic heterocycles. The van der Waals surface area contributed by atoms with Crippen LogP contribution in [-0.2, 0) is 26.2 Å². The molecule has 2 rings (SSSR count). The largest absolute Gasteiger partial charge is 0.354 e. The lowest BCUT2D eigenvalue weighted by Crippen LogP contribution is -2.48. The Balaban J connectivity index is 2.17. The van der Waals surface area contributed by atoms with Crippen molar-refractivity contribution in [3.8, 4) is 0 Å². The zero-order valence-corrected chi connectivity index (χ0v) is 22.1. The first-order chi connectivity index (χ1) is 17.0. The highest BCUT2D eigenvalue weighted by Crippen LogP contribution is 2.22. The molecule has 10 heteroatoms. The molecule has 0 saturated carbocycles. The van der Waals surface area contributed by atoms with Gasteiger partial charge in [0, 0.05) is 32.1 Å². The van der Waals surface area contributed by atoms with Crippen LogP contribution in [0.2, 0.25) is 0 Å². The van der Waals surface area contributed by atoms with Crippen LogP contribution in [0.4, 0.5) is 14.5 Å². The third kappa shape index (κ3) is 8.29. The molecule has 0 fully saturated rings. The second-order valence-corrected chi connectivity index (χ2v) is 10.7. The number of halogens is 2. The van der Waals surface area contributed by atoms with Crippen molar-refractivity contribution >= 4 is 27.5 Å². The van der Waals surface area contributed by atoms with Crippen molar-refractivity contribution in [2.75, 3.05) is 23.7 Å². The number of carbonyl (C=O) groups is 2. The number of unbranched alkanes of at least 4 members (excludes halogenated alkanes) is 1. The molecule has 198 valence electrons. The van der Waals surface area contributed by atoms with E-state index in [-0.39, 0.29) is 43.4 Å². The number of carbonyl (C=O) groups excluding carboxylic acids is 2. The fourth-order valence-electron chi connectivity index (χ4n) is 3.73. The minimum Gasteiger partial charge on any atom is -0.354 e. The lowest BCUT2D eigenvalue weighted by atomic mass is 10.1. The fraction of sp³-hybridized carbons (Fsp3) is 0.462. The molecule has 0 bridgehead atoms. The highest BCUT2D eigenvalue weighted by atomic mass is 32.2. The Hall–Kier alpha value is -3.01. The number of rotatable bonds is 13. The van der Waals surface area contributed by atoms with Crippen LogP contribution in [0.15, 0.2) is 42.5 Å². The molecule has 36 heavy (non-hydrogen) atoms. The predicted molar refractivity (Wildman–Crippen MR) is 137 cm³/mol. The lowest BCUT2D eigenvalue weighted by molar-refractivity contribution is -0.140. The number of amides is 2. The van der Waals surface area contributed by atoms with Crippen LogP contribution < -0.4 is 9.62 Å². The van der Waals surface area contributed by atoms with Gasteiger partial charge in [0.05, 0.1) is 11.9 Å². The van der Waals surface area contributed by atoms with Crippen molar-refractivity contribution < 1.29 is 26.8 Å². The number of aryl methyl sites for hydroxylation is 1. The summed E-state index contributed by atoms with van der Waals surface area (Å²) in [4.78, 5) is 27.5. The van der Waals surface area contributed by atoms with E-state index in [2.05, 4.69) is 5.32 Å². The van der Waals surface area contributed by atoms with E-state index < -0.39 is 27.7 Å². The summed E-state index contributed by atoms with van der Waals surface area (Å²) < 4.78 is 52.6. The summed E-state index contributed by atoms with van der Waals surface area (Å²) >= 11 is 0. The van der Waals surface area contributed by atoms with Gasteiger partial charge in [-0.15, -0.1) is 0 Å². The van der Waals surface area contributed by atoms with Crippen molar-refractivity contribution in [2.24, 2.45) is 0 Å². The highest BCUT2D eigenvalue weighted by Gasteiger charge is 2.27. The minimum absolute atomic E-state index is 0.0238. The Kier molecular flexibility index (Phi) is 10.8. The van der Waals surface area contributed by atoms with E-state index in [0.717, 1.165) is 46.7 Å². The molecule has 0 aliphatic carbocycles. The van der Waals surface area contributed by atoms with Gasteiger partial charge in [0.2, 0.25) is 21.8 Å². The second kappa shape index (κ2) is 13.3. The quantitative estimate of drug-likeness (QED) is 0.400. The molecule has 1 N–H and O–H groups in total. The van der Waals surface area contributed by atoms with Crippen LogP contribution in [0.3, 0.4) is 0 Å². The van der Waals surface area contributed by atoms with Crippen LogP contribution in [0.25, 0.3) is 0 Å². The summed E-state index contributed by atoms with van der Waals surface area (Å²) in [6.45, 7) is 6.25. The van der Waals surface area contributed by atoms with E-state index in [1.54, 1.807) is 6.92 Å². The summed E-state index contributed by atoms with van der Waals surface area (Å²) in [5.41, 5.74) is 1.86. The first-order valence-corrected chi connectivity index (χ1v) is 13.8. The van der Waals surface area contributed by atoms with Gasteiger partial charge in [-0.25, -0.2) is 17.2 Å². The normalized spacial score (nSPS) is 12.2. The molecular weight excluding hydrogens is 488 g/mol. The van der Waals surface area contributed by atoms with Crippen molar-refractivity contribution in [2.45, 2.75) is 59.0 Å². The lowest BCUT2D eigenvalue weighted by Gasteiger charge is -2.30. The van der Waals surface area contributed by atoms with E-state index in [9.17, 15) is 26.8 Å². The van der Waals surface area contributed by atoms with E-state index in [1.165, 1.54) is 11.0 Å². The standard InChI is InChI=1S/C26H35F2N3O4S/c1-5-6-15-29-26(33)20(3)30(18-21-11-8-7-10-19(21)2)25(32)12-9-16-31(36(4,34)35)22-13-14-23(27)24(28)17-22/h7-8,10-11,13-14,17,20H,5-6,9,12,15-16,18H2,1-4H3,(H,29,33). The molecule has 0 radical (unpaired) electrons. The van der Waals surface area contributed by atoms with Gasteiger partial charge in [-0.3, -0.25) is 13.9 Å². The van der Waals surface area contributed by atoms with Gasteiger partial charge in [0.15, 0.2) is 11.6 Å². The molecule has 0 spiro atoms. The van der Waals surface area contributed by atoms with Gasteiger partial charge in [-0.2, -0.15) is 0 Å². The van der Waals surface area contributed by atoms with Crippen LogP contribution in [0.5, 0.6) is 0 Å². The fourth-order valence-corrected chi connectivity index (χ4v) is 4.69. The zero-order chi connectivity index (χ0) is 26.9. The van der Waals surface area contributed by atoms with Crippen molar-refractivity contribution in [3.63, 3.8) is 0 Å². The summed E-state index contributed by atoms with van der Waals surface area (Å²) in [6.07, 6.45) is 2.81. The number of nitrogens with one attached hydrogen (secondary N) is 1. The number of anilines is 1. The molecule has 0 aliphatic rings. The van der Waals surface area contributed by atoms with Gasteiger partial charge in [0.1, 0.15) is 6.04 Å². The third-order valence-corrected chi connectivity index (χ3v) is 7.14. The maximum atomic E-state index is 13.7. The summed E-state index contributed by atoms with van der Waals surface area (Å²) in [6, 6.07) is 9.69. The van der Waals surface area contributed by atoms with Crippen molar-refractivity contribution in [3.05, 3.63) is 65.2 Å². The van der Waals surface area contributed by atoms with Crippen molar-refractivity contribution in [1.82, 2.24) is 10.2 Å². The molecule has 1 unspecified atom stereocenters. The molecule has 0 aliphatic heterocycles. The first-order valence-electron chi connectivity index (χ1n) is 12.0. The smallest absolute Gasteiger partial charge is 0.242 e. The van der Waals surface area contributed by atoms with E-state index in [0.29, 0.717) is 6.54 Å². The summed E-state index contributed by atoms with van der Waals surface area (Å²) in [5, 5.41) is 2.86. The average molecular weight is 524 g/mol. The Morgan fingerprint density at radius 2 is 1.75 bits per heavy atom. The number of benzene rings is 2. The Bertz CT molecular complexity index is 1160. The number of hydrogen-bond donors (Lipinski definition) is 1. The number of nitrogens with zero attached hydrogens (tertiary/aromatic N) is 2. The van der Waals surface area contributed by atoms with E-state index >= 15 is 0 Å². The summed E-state index contributed by atoms with van der Waals surface area (Å²) in [7, 11) is -3.81. The Morgan fingerprint density at radius 3 is 2.36 bits per heavy atom. The molecule has 2 amide bonds. The maximum absolute atomic E-state index is 13.7.